The number of hydrogen-bond donors (Lipinski definition) is 1. The highest BCUT2D eigenvalue weighted by atomic mass is 16.4. The smallest absolute Gasteiger partial charge is 0.337 e. The van der Waals surface area contributed by atoms with Gasteiger partial charge in [-0.05, 0) is 42.4 Å². The first-order chi connectivity index (χ1) is 10.1. The molecule has 1 N–H and O–H groups in total. The highest BCUT2D eigenvalue weighted by Gasteiger charge is 2.22. The molecule has 0 aliphatic heterocycles. The summed E-state index contributed by atoms with van der Waals surface area (Å²) in [5.74, 6) is -0.789. The van der Waals surface area contributed by atoms with E-state index in [1.165, 1.54) is 5.56 Å². The van der Waals surface area contributed by atoms with Crippen molar-refractivity contribution >= 4 is 5.97 Å². The van der Waals surface area contributed by atoms with E-state index in [9.17, 15) is 9.90 Å². The maximum absolute atomic E-state index is 11.5. The Morgan fingerprint density at radius 2 is 1.90 bits per heavy atom. The fraction of sp³-hybridized carbons (Fsp3) is 0.333. The lowest BCUT2D eigenvalue weighted by Gasteiger charge is -2.15. The molecule has 3 rings (SSSR count). The Labute approximate surface area is 124 Å². The summed E-state index contributed by atoms with van der Waals surface area (Å²) >= 11 is 0. The third-order valence-corrected chi connectivity index (χ3v) is 4.07. The van der Waals surface area contributed by atoms with Crippen LogP contribution in [0.3, 0.4) is 0 Å². The van der Waals surface area contributed by atoms with Gasteiger partial charge >= 0.3 is 5.97 Å². The number of benzene rings is 1. The molecular weight excluding hydrogens is 262 g/mol. The minimum Gasteiger partial charge on any atom is -0.478 e. The molecule has 2 aromatic rings. The van der Waals surface area contributed by atoms with Gasteiger partial charge in [-0.1, -0.05) is 38.1 Å². The number of aromatic carboxylic acids is 1. The van der Waals surface area contributed by atoms with Gasteiger partial charge in [0, 0.05) is 5.56 Å². The van der Waals surface area contributed by atoms with Gasteiger partial charge < -0.3 is 5.11 Å². The molecule has 1 aromatic heterocycles. The Kier molecular flexibility index (Phi) is 3.50. The number of carbonyl (C=O) groups is 1. The van der Waals surface area contributed by atoms with Crippen LogP contribution in [0.1, 0.15) is 53.4 Å². The topological polar surface area (TPSA) is 50.2 Å². The van der Waals surface area contributed by atoms with Crippen LogP contribution in [0.2, 0.25) is 0 Å². The van der Waals surface area contributed by atoms with Crippen molar-refractivity contribution in [2.75, 3.05) is 0 Å². The summed E-state index contributed by atoms with van der Waals surface area (Å²) in [6.45, 7) is 3.98. The van der Waals surface area contributed by atoms with E-state index in [2.05, 4.69) is 18.2 Å². The summed E-state index contributed by atoms with van der Waals surface area (Å²) in [7, 11) is 0. The molecule has 0 saturated carbocycles. The molecule has 1 aliphatic rings. The third kappa shape index (κ3) is 2.44. The van der Waals surface area contributed by atoms with E-state index in [0.29, 0.717) is 11.3 Å². The number of nitrogens with zero attached hydrogens (tertiary/aromatic N) is 1. The van der Waals surface area contributed by atoms with Crippen LogP contribution in [0.25, 0.3) is 11.3 Å². The van der Waals surface area contributed by atoms with Gasteiger partial charge in [0.2, 0.25) is 0 Å². The maximum Gasteiger partial charge on any atom is 0.337 e. The fourth-order valence-electron chi connectivity index (χ4n) is 3.04. The van der Waals surface area contributed by atoms with Gasteiger partial charge in [-0.15, -0.1) is 0 Å². The number of rotatable bonds is 2. The van der Waals surface area contributed by atoms with Crippen molar-refractivity contribution in [3.8, 4) is 11.3 Å². The molecule has 3 heteroatoms. The SMILES string of the molecule is CC(C)c1nc2c(cc1C(=O)O)CCCc1ccccc1-2. The van der Waals surface area contributed by atoms with Gasteiger partial charge in [0.25, 0.3) is 0 Å². The normalized spacial score (nSPS) is 13.5. The van der Waals surface area contributed by atoms with E-state index in [1.807, 2.05) is 26.0 Å². The van der Waals surface area contributed by atoms with Gasteiger partial charge in [0.15, 0.2) is 0 Å². The zero-order valence-corrected chi connectivity index (χ0v) is 12.4. The molecular formula is C18H19NO2. The lowest BCUT2D eigenvalue weighted by Crippen LogP contribution is -2.09. The minimum atomic E-state index is -0.883. The van der Waals surface area contributed by atoms with Gasteiger partial charge in [0.1, 0.15) is 0 Å². The zero-order valence-electron chi connectivity index (χ0n) is 12.4. The summed E-state index contributed by atoms with van der Waals surface area (Å²) < 4.78 is 0. The molecule has 0 amide bonds. The van der Waals surface area contributed by atoms with Gasteiger partial charge in [0.05, 0.1) is 17.0 Å². The van der Waals surface area contributed by atoms with Crippen molar-refractivity contribution in [2.24, 2.45) is 0 Å². The van der Waals surface area contributed by atoms with Crippen LogP contribution in [0.5, 0.6) is 0 Å². The minimum absolute atomic E-state index is 0.0943. The zero-order chi connectivity index (χ0) is 15.0. The Morgan fingerprint density at radius 1 is 1.19 bits per heavy atom. The second-order valence-electron chi connectivity index (χ2n) is 5.90. The van der Waals surface area contributed by atoms with Crippen LogP contribution in [0, 0.1) is 0 Å². The predicted molar refractivity (Wildman–Crippen MR) is 82.7 cm³/mol. The quantitative estimate of drug-likeness (QED) is 0.903. The molecule has 108 valence electrons. The average Bonchev–Trinajstić information content (AvgIpc) is 2.64. The monoisotopic (exact) mass is 281 g/mol. The molecule has 0 saturated heterocycles. The molecule has 1 aromatic carbocycles. The van der Waals surface area contributed by atoms with Gasteiger partial charge in [-0.3, -0.25) is 4.98 Å². The molecule has 3 nitrogen and oxygen atoms in total. The summed E-state index contributed by atoms with van der Waals surface area (Å²) in [5.41, 5.74) is 5.52. The van der Waals surface area contributed by atoms with E-state index in [0.717, 1.165) is 36.1 Å². The Bertz CT molecular complexity index is 704. The number of aromatic nitrogens is 1. The van der Waals surface area contributed by atoms with Crippen molar-refractivity contribution in [3.05, 3.63) is 52.7 Å². The molecule has 1 aliphatic carbocycles. The van der Waals surface area contributed by atoms with Gasteiger partial charge in [-0.2, -0.15) is 0 Å². The number of fused-ring (bicyclic) bond motifs is 3. The van der Waals surface area contributed by atoms with E-state index in [-0.39, 0.29) is 5.92 Å². The first-order valence-electron chi connectivity index (χ1n) is 7.43. The second kappa shape index (κ2) is 5.32. The highest BCUT2D eigenvalue weighted by molar-refractivity contribution is 5.90. The van der Waals surface area contributed by atoms with Crippen LogP contribution in [-0.2, 0) is 12.8 Å². The third-order valence-electron chi connectivity index (χ3n) is 4.07. The van der Waals surface area contributed by atoms with Crippen molar-refractivity contribution in [2.45, 2.75) is 39.0 Å². The van der Waals surface area contributed by atoms with Crippen LogP contribution < -0.4 is 0 Å². The lowest BCUT2D eigenvalue weighted by atomic mass is 9.96. The number of pyridine rings is 1. The number of aryl methyl sites for hydroxylation is 2. The summed E-state index contributed by atoms with van der Waals surface area (Å²) in [6, 6.07) is 10.2. The highest BCUT2D eigenvalue weighted by Crippen LogP contribution is 2.33. The summed E-state index contributed by atoms with van der Waals surface area (Å²) in [4.78, 5) is 16.3. The summed E-state index contributed by atoms with van der Waals surface area (Å²) in [6.07, 6.45) is 2.94. The van der Waals surface area contributed by atoms with Crippen molar-refractivity contribution in [1.29, 1.82) is 0 Å². The van der Waals surface area contributed by atoms with E-state index in [4.69, 9.17) is 4.98 Å². The Hall–Kier alpha value is -2.16. The molecule has 0 unspecified atom stereocenters. The van der Waals surface area contributed by atoms with Crippen LogP contribution in [-0.4, -0.2) is 16.1 Å². The van der Waals surface area contributed by atoms with Crippen LogP contribution in [0.4, 0.5) is 0 Å². The fourth-order valence-corrected chi connectivity index (χ4v) is 3.04. The first-order valence-corrected chi connectivity index (χ1v) is 7.43. The first kappa shape index (κ1) is 13.8. The van der Waals surface area contributed by atoms with Crippen molar-refractivity contribution in [3.63, 3.8) is 0 Å². The molecule has 0 radical (unpaired) electrons. The number of hydrogen-bond acceptors (Lipinski definition) is 2. The van der Waals surface area contributed by atoms with E-state index < -0.39 is 5.97 Å². The lowest BCUT2D eigenvalue weighted by molar-refractivity contribution is 0.0694. The average molecular weight is 281 g/mol. The standard InChI is InChI=1S/C18H19NO2/c1-11(2)16-15(18(20)21)10-13-8-5-7-12-6-3-4-9-14(12)17(13)19-16/h3-4,6,9-11H,5,7-8H2,1-2H3,(H,20,21). The van der Waals surface area contributed by atoms with E-state index in [1.54, 1.807) is 0 Å². The van der Waals surface area contributed by atoms with Crippen LogP contribution in [0.15, 0.2) is 30.3 Å². The summed E-state index contributed by atoms with van der Waals surface area (Å²) in [5, 5.41) is 9.44. The maximum atomic E-state index is 11.5. The second-order valence-corrected chi connectivity index (χ2v) is 5.90. The largest absolute Gasteiger partial charge is 0.478 e. The molecule has 0 spiro atoms. The van der Waals surface area contributed by atoms with Crippen molar-refractivity contribution < 1.29 is 9.90 Å². The van der Waals surface area contributed by atoms with Crippen LogP contribution >= 0.6 is 0 Å². The molecule has 0 atom stereocenters. The molecule has 21 heavy (non-hydrogen) atoms. The van der Waals surface area contributed by atoms with E-state index >= 15 is 0 Å². The molecule has 1 heterocycles. The Balaban J connectivity index is 2.27. The Morgan fingerprint density at radius 3 is 2.62 bits per heavy atom. The number of carboxylic acids is 1. The van der Waals surface area contributed by atoms with Crippen molar-refractivity contribution in [1.82, 2.24) is 4.98 Å². The molecule has 0 bridgehead atoms. The van der Waals surface area contributed by atoms with Gasteiger partial charge in [-0.25, -0.2) is 4.79 Å². The molecule has 0 fully saturated rings. The number of carboxylic acid groups (broad SMARTS) is 1. The predicted octanol–water partition coefficient (Wildman–Crippen LogP) is 4.06.